The van der Waals surface area contributed by atoms with Crippen LogP contribution in [0.5, 0.6) is 0 Å². The van der Waals surface area contributed by atoms with Crippen LogP contribution in [-0.2, 0) is 4.79 Å². The van der Waals surface area contributed by atoms with Gasteiger partial charge in [-0.05, 0) is 18.2 Å². The zero-order valence-corrected chi connectivity index (χ0v) is 10.4. The molecule has 0 bridgehead atoms. The van der Waals surface area contributed by atoms with E-state index in [-0.39, 0.29) is 0 Å². The predicted molar refractivity (Wildman–Crippen MR) is 70.6 cm³/mol. The highest BCUT2D eigenvalue weighted by molar-refractivity contribution is 7.99. The first-order valence-corrected chi connectivity index (χ1v) is 6.52. The van der Waals surface area contributed by atoms with E-state index in [0.29, 0.717) is 6.42 Å². The number of aliphatic imine (C=N–C) groups is 1. The molecule has 1 aromatic carbocycles. The number of benzene rings is 1. The lowest BCUT2D eigenvalue weighted by atomic mass is 10.2. The van der Waals surface area contributed by atoms with Gasteiger partial charge >= 0.3 is 0 Å². The first kappa shape index (κ1) is 13.0. The van der Waals surface area contributed by atoms with Crippen LogP contribution < -0.4 is 0 Å². The largest absolute Gasteiger partial charge is 0.303 e. The van der Waals surface area contributed by atoms with Crippen molar-refractivity contribution in [1.29, 1.82) is 0 Å². The third-order valence-electron chi connectivity index (χ3n) is 2.06. The van der Waals surface area contributed by atoms with Gasteiger partial charge in [-0.15, -0.1) is 11.8 Å². The number of carbonyl (C=O) groups excluding carboxylic acids is 1. The van der Waals surface area contributed by atoms with Gasteiger partial charge in [-0.3, -0.25) is 4.99 Å². The second kappa shape index (κ2) is 8.11. The average molecular weight is 235 g/mol. The third-order valence-corrected chi connectivity index (χ3v) is 3.03. The number of hydrogen-bond donors (Lipinski definition) is 0. The minimum absolute atomic E-state index is 0.600. The van der Waals surface area contributed by atoms with Crippen LogP contribution in [0.1, 0.15) is 25.3 Å². The van der Waals surface area contributed by atoms with Gasteiger partial charge in [-0.1, -0.05) is 25.1 Å². The van der Waals surface area contributed by atoms with Crippen molar-refractivity contribution >= 4 is 24.3 Å². The molecule has 2 nitrogen and oxygen atoms in total. The van der Waals surface area contributed by atoms with Gasteiger partial charge in [0.1, 0.15) is 6.29 Å². The molecule has 0 aromatic heterocycles. The molecule has 3 heteroatoms. The van der Waals surface area contributed by atoms with Crippen LogP contribution in [-0.4, -0.2) is 24.8 Å². The molecule has 0 saturated carbocycles. The van der Waals surface area contributed by atoms with E-state index in [1.165, 1.54) is 10.5 Å². The molecular weight excluding hydrogens is 218 g/mol. The van der Waals surface area contributed by atoms with Crippen molar-refractivity contribution in [3.8, 4) is 0 Å². The molecule has 0 aliphatic rings. The summed E-state index contributed by atoms with van der Waals surface area (Å²) < 4.78 is 0. The van der Waals surface area contributed by atoms with Gasteiger partial charge < -0.3 is 4.79 Å². The molecule has 0 fully saturated rings. The fourth-order valence-electron chi connectivity index (χ4n) is 1.30. The van der Waals surface area contributed by atoms with E-state index >= 15 is 0 Å². The number of rotatable bonds is 7. The average Bonchev–Trinajstić information content (AvgIpc) is 2.31. The van der Waals surface area contributed by atoms with Gasteiger partial charge in [-0.2, -0.15) is 0 Å². The lowest BCUT2D eigenvalue weighted by Crippen LogP contribution is -1.88. The van der Waals surface area contributed by atoms with E-state index < -0.39 is 0 Å². The van der Waals surface area contributed by atoms with Crippen LogP contribution in [0.15, 0.2) is 34.2 Å². The van der Waals surface area contributed by atoms with Crippen LogP contribution in [0.25, 0.3) is 0 Å². The van der Waals surface area contributed by atoms with E-state index in [9.17, 15) is 4.79 Å². The Morgan fingerprint density at radius 3 is 2.94 bits per heavy atom. The van der Waals surface area contributed by atoms with E-state index in [1.807, 2.05) is 30.1 Å². The molecule has 0 radical (unpaired) electrons. The van der Waals surface area contributed by atoms with Crippen molar-refractivity contribution in [1.82, 2.24) is 0 Å². The molecule has 0 atom stereocenters. The predicted octanol–water partition coefficient (Wildman–Crippen LogP) is 3.20. The fourth-order valence-corrected chi connectivity index (χ4v) is 2.08. The number of aldehydes is 1. The summed E-state index contributed by atoms with van der Waals surface area (Å²) in [4.78, 5) is 15.7. The van der Waals surface area contributed by atoms with Gasteiger partial charge in [0.2, 0.25) is 0 Å². The lowest BCUT2D eigenvalue weighted by Gasteiger charge is -2.02. The van der Waals surface area contributed by atoms with Crippen molar-refractivity contribution in [2.45, 2.75) is 24.7 Å². The highest BCUT2D eigenvalue weighted by Gasteiger charge is 1.97. The smallest absolute Gasteiger partial charge is 0.120 e. The summed E-state index contributed by atoms with van der Waals surface area (Å²) in [6, 6.07) is 8.25. The van der Waals surface area contributed by atoms with Gasteiger partial charge in [0.05, 0.1) is 0 Å². The number of thioether (sulfide) groups is 1. The topological polar surface area (TPSA) is 29.4 Å². The number of hydrogen-bond acceptors (Lipinski definition) is 3. The van der Waals surface area contributed by atoms with Crippen molar-refractivity contribution in [2.75, 3.05) is 12.3 Å². The molecular formula is C13H17NOS. The Bertz CT molecular complexity index is 350. The van der Waals surface area contributed by atoms with Crippen molar-refractivity contribution < 1.29 is 4.79 Å². The van der Waals surface area contributed by atoms with E-state index in [4.69, 9.17) is 0 Å². The molecule has 0 aliphatic carbocycles. The van der Waals surface area contributed by atoms with Crippen LogP contribution in [0.4, 0.5) is 0 Å². The standard InChI is InChI=1S/C13H17NOS/c1-2-16-13-8-4-3-7-12(13)11-14-9-5-6-10-15/h3-4,7-8,10-11H,2,5-6,9H2,1H3. The van der Waals surface area contributed by atoms with Gasteiger partial charge in [0.15, 0.2) is 0 Å². The van der Waals surface area contributed by atoms with E-state index in [0.717, 1.165) is 25.0 Å². The second-order valence-corrected chi connectivity index (χ2v) is 4.62. The zero-order valence-electron chi connectivity index (χ0n) is 9.56. The molecule has 86 valence electrons. The summed E-state index contributed by atoms with van der Waals surface area (Å²) in [5.41, 5.74) is 1.17. The van der Waals surface area contributed by atoms with Gasteiger partial charge in [-0.25, -0.2) is 0 Å². The molecule has 1 rings (SSSR count). The van der Waals surface area contributed by atoms with E-state index in [2.05, 4.69) is 24.0 Å². The van der Waals surface area contributed by atoms with Crippen LogP contribution >= 0.6 is 11.8 Å². The van der Waals surface area contributed by atoms with Crippen LogP contribution in [0, 0.1) is 0 Å². The Morgan fingerprint density at radius 2 is 2.19 bits per heavy atom. The first-order chi connectivity index (χ1) is 7.88. The normalized spacial score (nSPS) is 10.8. The highest BCUT2D eigenvalue weighted by atomic mass is 32.2. The van der Waals surface area contributed by atoms with Crippen LogP contribution in [0.2, 0.25) is 0 Å². The maximum absolute atomic E-state index is 10.1. The summed E-state index contributed by atoms with van der Waals surface area (Å²) in [5.74, 6) is 1.07. The molecule has 1 aromatic rings. The lowest BCUT2D eigenvalue weighted by molar-refractivity contribution is -0.107. The van der Waals surface area contributed by atoms with Crippen molar-refractivity contribution in [2.24, 2.45) is 4.99 Å². The fraction of sp³-hybridized carbons (Fsp3) is 0.385. The zero-order chi connectivity index (χ0) is 11.6. The minimum Gasteiger partial charge on any atom is -0.303 e. The molecule has 0 saturated heterocycles. The second-order valence-electron chi connectivity index (χ2n) is 3.32. The molecule has 0 N–H and O–H groups in total. The van der Waals surface area contributed by atoms with Crippen molar-refractivity contribution in [3.63, 3.8) is 0 Å². The number of carbonyl (C=O) groups is 1. The molecule has 0 amide bonds. The van der Waals surface area contributed by atoms with Gasteiger partial charge in [0, 0.05) is 29.6 Å². The number of unbranched alkanes of at least 4 members (excludes halogenated alkanes) is 1. The Kier molecular flexibility index (Phi) is 6.58. The maximum Gasteiger partial charge on any atom is 0.120 e. The maximum atomic E-state index is 10.1. The molecule has 0 spiro atoms. The summed E-state index contributed by atoms with van der Waals surface area (Å²) >= 11 is 1.82. The third kappa shape index (κ3) is 4.62. The first-order valence-electron chi connectivity index (χ1n) is 5.53. The Hall–Kier alpha value is -1.09. The molecule has 0 aliphatic heterocycles. The number of nitrogens with zero attached hydrogens (tertiary/aromatic N) is 1. The summed E-state index contributed by atoms with van der Waals surface area (Å²) in [7, 11) is 0. The Balaban J connectivity index is 2.54. The minimum atomic E-state index is 0.600. The monoisotopic (exact) mass is 235 g/mol. The van der Waals surface area contributed by atoms with Gasteiger partial charge in [0.25, 0.3) is 0 Å². The highest BCUT2D eigenvalue weighted by Crippen LogP contribution is 2.20. The summed E-state index contributed by atoms with van der Waals surface area (Å²) in [6.07, 6.45) is 4.28. The molecule has 16 heavy (non-hydrogen) atoms. The SMILES string of the molecule is CCSc1ccccc1C=NCCCC=O. The van der Waals surface area contributed by atoms with Crippen LogP contribution in [0.3, 0.4) is 0 Å². The van der Waals surface area contributed by atoms with E-state index in [1.54, 1.807) is 0 Å². The summed E-state index contributed by atoms with van der Waals surface area (Å²) in [5, 5.41) is 0. The van der Waals surface area contributed by atoms with Crippen molar-refractivity contribution in [3.05, 3.63) is 29.8 Å². The quantitative estimate of drug-likeness (QED) is 0.314. The Morgan fingerprint density at radius 1 is 1.38 bits per heavy atom. The Labute approximate surface area is 101 Å². The molecule has 0 heterocycles. The summed E-state index contributed by atoms with van der Waals surface area (Å²) in [6.45, 7) is 2.87. The molecule has 0 unspecified atom stereocenters.